The van der Waals surface area contributed by atoms with Crippen molar-refractivity contribution in [3.63, 3.8) is 0 Å². The van der Waals surface area contributed by atoms with Crippen LogP contribution in [0.25, 0.3) is 0 Å². The van der Waals surface area contributed by atoms with Gasteiger partial charge in [-0.2, -0.15) is 0 Å². The van der Waals surface area contributed by atoms with E-state index in [4.69, 9.17) is 0 Å². The molecule has 1 N–H and O–H groups in total. The fourth-order valence-electron chi connectivity index (χ4n) is 2.70. The second-order valence-electron chi connectivity index (χ2n) is 5.36. The molecule has 0 aromatic heterocycles. The van der Waals surface area contributed by atoms with E-state index in [9.17, 15) is 17.5 Å². The summed E-state index contributed by atoms with van der Waals surface area (Å²) in [5.74, 6) is -1.16. The Balaban J connectivity index is 1.90. The minimum absolute atomic E-state index is 0.333. The summed E-state index contributed by atoms with van der Waals surface area (Å²) in [6.07, 6.45) is 2.10. The van der Waals surface area contributed by atoms with Gasteiger partial charge in [0.25, 0.3) is 0 Å². The molecule has 0 aliphatic carbocycles. The lowest BCUT2D eigenvalue weighted by atomic mass is 10.2. The molecule has 0 radical (unpaired) electrons. The molecular weight excluding hydrogens is 322 g/mol. The molecule has 1 fully saturated rings. The van der Waals surface area contributed by atoms with Crippen LogP contribution in [0, 0.1) is 11.6 Å². The molecule has 2 aromatic carbocycles. The summed E-state index contributed by atoms with van der Waals surface area (Å²) in [5, 5.41) is 3.03. The van der Waals surface area contributed by atoms with E-state index in [-0.39, 0.29) is 10.7 Å². The zero-order valence-corrected chi connectivity index (χ0v) is 13.0. The number of hydrogen-bond donors (Lipinski definition) is 1. The third-order valence-electron chi connectivity index (χ3n) is 3.80. The zero-order chi connectivity index (χ0) is 16.4. The van der Waals surface area contributed by atoms with Gasteiger partial charge in [-0.25, -0.2) is 8.78 Å². The first-order valence-corrected chi connectivity index (χ1v) is 8.32. The Labute approximate surface area is 135 Å². The molecule has 2 aromatic rings. The zero-order valence-electron chi connectivity index (χ0n) is 12.2. The Kier molecular flexibility index (Phi) is 4.58. The molecule has 0 spiro atoms. The fraction of sp³-hybridized carbons (Fsp3) is 0.250. The van der Waals surface area contributed by atoms with Gasteiger partial charge in [0.15, 0.2) is 0 Å². The van der Waals surface area contributed by atoms with Gasteiger partial charge in [-0.05, 0) is 60.3 Å². The molecule has 0 saturated carbocycles. The van der Waals surface area contributed by atoms with Crippen molar-refractivity contribution in [1.29, 1.82) is 0 Å². The first-order valence-electron chi connectivity index (χ1n) is 7.25. The molecule has 1 aliphatic heterocycles. The predicted molar refractivity (Wildman–Crippen MR) is 84.7 cm³/mol. The molecule has 1 saturated heterocycles. The average molecular weight is 337 g/mol. The highest BCUT2D eigenvalue weighted by Gasteiger charge is 2.17. The van der Waals surface area contributed by atoms with Crippen molar-refractivity contribution >= 4 is 28.1 Å². The van der Waals surface area contributed by atoms with Crippen LogP contribution >= 0.6 is 0 Å². The summed E-state index contributed by atoms with van der Waals surface area (Å²) in [7, 11) is 0. The second-order valence-corrected chi connectivity index (χ2v) is 6.27. The quantitative estimate of drug-likeness (QED) is 0.867. The standard InChI is InChI=1S/C16H16F2N2O2S/c17-11-3-5-14(15(9-11)20-7-1-2-8-20)19-12-4-6-16(23(21)22)13(18)10-12/h3-6,9-10,19H,1-2,7-8H2,(H,21,22)/p-1. The van der Waals surface area contributed by atoms with Crippen molar-refractivity contribution in [1.82, 2.24) is 0 Å². The Hall–Kier alpha value is -1.99. The Morgan fingerprint density at radius 3 is 2.48 bits per heavy atom. The molecule has 1 unspecified atom stereocenters. The third kappa shape index (κ3) is 3.51. The first kappa shape index (κ1) is 15.9. The van der Waals surface area contributed by atoms with Crippen LogP contribution in [-0.4, -0.2) is 21.9 Å². The average Bonchev–Trinajstić information content (AvgIpc) is 3.03. The monoisotopic (exact) mass is 337 g/mol. The molecular formula is C16H15F2N2O2S-. The van der Waals surface area contributed by atoms with Gasteiger partial charge in [-0.1, -0.05) is 0 Å². The van der Waals surface area contributed by atoms with Gasteiger partial charge in [0, 0.05) is 18.8 Å². The number of nitrogens with one attached hydrogen (secondary N) is 1. The van der Waals surface area contributed by atoms with Crippen molar-refractivity contribution < 1.29 is 17.5 Å². The molecule has 1 atom stereocenters. The maximum atomic E-state index is 13.8. The van der Waals surface area contributed by atoms with Crippen LogP contribution in [0.1, 0.15) is 12.8 Å². The molecule has 4 nitrogen and oxygen atoms in total. The molecule has 0 bridgehead atoms. The minimum atomic E-state index is -2.62. The smallest absolute Gasteiger partial charge is 0.140 e. The first-order chi connectivity index (χ1) is 11.0. The lowest BCUT2D eigenvalue weighted by Gasteiger charge is -2.22. The normalized spacial score (nSPS) is 15.7. The van der Waals surface area contributed by atoms with E-state index in [2.05, 4.69) is 10.2 Å². The van der Waals surface area contributed by atoms with Gasteiger partial charge in [-0.15, -0.1) is 0 Å². The maximum Gasteiger partial charge on any atom is 0.140 e. The Morgan fingerprint density at radius 1 is 1.09 bits per heavy atom. The number of anilines is 3. The van der Waals surface area contributed by atoms with E-state index < -0.39 is 16.9 Å². The number of rotatable bonds is 4. The minimum Gasteiger partial charge on any atom is -0.768 e. The topological polar surface area (TPSA) is 55.4 Å². The van der Waals surface area contributed by atoms with Gasteiger partial charge in [0.1, 0.15) is 11.6 Å². The second kappa shape index (κ2) is 6.64. The third-order valence-corrected chi connectivity index (χ3v) is 4.49. The van der Waals surface area contributed by atoms with Crippen LogP contribution in [0.4, 0.5) is 25.8 Å². The lowest BCUT2D eigenvalue weighted by molar-refractivity contribution is 0.523. The van der Waals surface area contributed by atoms with Crippen molar-refractivity contribution in [2.45, 2.75) is 17.7 Å². The number of halogens is 2. The summed E-state index contributed by atoms with van der Waals surface area (Å²) >= 11 is -2.62. The van der Waals surface area contributed by atoms with Crippen molar-refractivity contribution in [3.8, 4) is 0 Å². The molecule has 3 rings (SSSR count). The van der Waals surface area contributed by atoms with Gasteiger partial charge < -0.3 is 14.8 Å². The SMILES string of the molecule is O=S([O-])c1ccc(Nc2ccc(F)cc2N2CCCC2)cc1F. The molecule has 1 aliphatic rings. The van der Waals surface area contributed by atoms with E-state index in [1.165, 1.54) is 24.3 Å². The molecule has 1 heterocycles. The number of nitrogens with zero attached hydrogens (tertiary/aromatic N) is 1. The largest absolute Gasteiger partial charge is 0.768 e. The summed E-state index contributed by atoms with van der Waals surface area (Å²) in [6, 6.07) is 8.17. The van der Waals surface area contributed by atoms with Crippen molar-refractivity contribution in [3.05, 3.63) is 48.0 Å². The molecule has 122 valence electrons. The highest BCUT2D eigenvalue weighted by molar-refractivity contribution is 7.79. The highest BCUT2D eigenvalue weighted by Crippen LogP contribution is 2.32. The van der Waals surface area contributed by atoms with Crippen molar-refractivity contribution in [2.24, 2.45) is 0 Å². The van der Waals surface area contributed by atoms with E-state index in [1.54, 1.807) is 6.07 Å². The molecule has 7 heteroatoms. The lowest BCUT2D eigenvalue weighted by Crippen LogP contribution is -2.19. The van der Waals surface area contributed by atoms with Gasteiger partial charge in [-0.3, -0.25) is 4.21 Å². The summed E-state index contributed by atoms with van der Waals surface area (Å²) in [5.41, 5.74) is 1.78. The Morgan fingerprint density at radius 2 is 1.83 bits per heavy atom. The van der Waals surface area contributed by atoms with Crippen LogP contribution in [-0.2, 0) is 11.1 Å². The van der Waals surface area contributed by atoms with Crippen LogP contribution in [0.2, 0.25) is 0 Å². The maximum absolute atomic E-state index is 13.8. The van der Waals surface area contributed by atoms with Crippen LogP contribution in [0.3, 0.4) is 0 Å². The van der Waals surface area contributed by atoms with Crippen LogP contribution in [0.15, 0.2) is 41.3 Å². The number of benzene rings is 2. The van der Waals surface area contributed by atoms with Crippen LogP contribution in [0.5, 0.6) is 0 Å². The van der Waals surface area contributed by atoms with Gasteiger partial charge in [0.05, 0.1) is 16.3 Å². The highest BCUT2D eigenvalue weighted by atomic mass is 32.2. The molecule has 23 heavy (non-hydrogen) atoms. The Bertz CT molecular complexity index is 749. The van der Waals surface area contributed by atoms with Gasteiger partial charge >= 0.3 is 0 Å². The van der Waals surface area contributed by atoms with Crippen molar-refractivity contribution in [2.75, 3.05) is 23.3 Å². The van der Waals surface area contributed by atoms with E-state index in [0.717, 1.165) is 37.7 Å². The predicted octanol–water partition coefficient (Wildman–Crippen LogP) is 3.55. The van der Waals surface area contributed by atoms with Gasteiger partial charge in [0.2, 0.25) is 0 Å². The summed E-state index contributed by atoms with van der Waals surface area (Å²) in [4.78, 5) is 1.69. The van der Waals surface area contributed by atoms with E-state index in [0.29, 0.717) is 11.4 Å². The summed E-state index contributed by atoms with van der Waals surface area (Å²) in [6.45, 7) is 1.70. The molecule has 0 amide bonds. The van der Waals surface area contributed by atoms with E-state index >= 15 is 0 Å². The summed E-state index contributed by atoms with van der Waals surface area (Å²) < 4.78 is 49.0. The van der Waals surface area contributed by atoms with E-state index in [1.807, 2.05) is 0 Å². The van der Waals surface area contributed by atoms with Crippen LogP contribution < -0.4 is 10.2 Å². The number of hydrogen-bond acceptors (Lipinski definition) is 4. The fourth-order valence-corrected chi connectivity index (χ4v) is 3.10.